The van der Waals surface area contributed by atoms with E-state index in [1.165, 1.54) is 12.8 Å². The van der Waals surface area contributed by atoms with Gasteiger partial charge in [-0.3, -0.25) is 0 Å². The molecule has 0 aromatic rings. The van der Waals surface area contributed by atoms with E-state index in [2.05, 4.69) is 33.0 Å². The van der Waals surface area contributed by atoms with Crippen molar-refractivity contribution in [3.8, 4) is 0 Å². The van der Waals surface area contributed by atoms with Gasteiger partial charge in [0.2, 0.25) is 0 Å². The maximum Gasteiger partial charge on any atom is 0.00997 e. The van der Waals surface area contributed by atoms with E-state index in [0.29, 0.717) is 6.04 Å². The molecule has 1 saturated carbocycles. The fraction of sp³-hybridized carbons (Fsp3) is 1.00. The Morgan fingerprint density at radius 1 is 1.36 bits per heavy atom. The lowest BCUT2D eigenvalue weighted by atomic mass is 9.81. The molecule has 0 heterocycles. The van der Waals surface area contributed by atoms with Crippen molar-refractivity contribution in [1.82, 2.24) is 5.32 Å². The van der Waals surface area contributed by atoms with E-state index in [0.717, 1.165) is 24.9 Å². The van der Waals surface area contributed by atoms with Crippen LogP contribution in [0.25, 0.3) is 0 Å². The standard InChI is InChI=1S/C12H26N2/c1-9-7-10(8-9)14-6-5-11(13)12(2,3)4/h9-11,14H,5-8,13H2,1-4H3. The molecule has 0 amide bonds. The minimum absolute atomic E-state index is 0.245. The van der Waals surface area contributed by atoms with Crippen molar-refractivity contribution in [2.75, 3.05) is 6.54 Å². The number of hydrogen-bond donors (Lipinski definition) is 2. The van der Waals surface area contributed by atoms with Gasteiger partial charge in [-0.05, 0) is 37.1 Å². The van der Waals surface area contributed by atoms with E-state index in [4.69, 9.17) is 5.73 Å². The second-order valence-electron chi connectivity index (χ2n) is 5.99. The third-order valence-corrected chi connectivity index (χ3v) is 3.37. The molecule has 2 nitrogen and oxygen atoms in total. The average Bonchev–Trinajstić information content (AvgIpc) is 1.99. The van der Waals surface area contributed by atoms with Gasteiger partial charge in [-0.25, -0.2) is 0 Å². The van der Waals surface area contributed by atoms with Gasteiger partial charge in [0.1, 0.15) is 0 Å². The molecule has 1 fully saturated rings. The molecule has 0 aliphatic heterocycles. The van der Waals surface area contributed by atoms with Gasteiger partial charge in [0.25, 0.3) is 0 Å². The molecular formula is C12H26N2. The number of hydrogen-bond acceptors (Lipinski definition) is 2. The Kier molecular flexibility index (Phi) is 3.96. The lowest BCUT2D eigenvalue weighted by Crippen LogP contribution is -2.43. The fourth-order valence-corrected chi connectivity index (χ4v) is 1.95. The first-order valence-corrected chi connectivity index (χ1v) is 5.88. The summed E-state index contributed by atoms with van der Waals surface area (Å²) < 4.78 is 0. The summed E-state index contributed by atoms with van der Waals surface area (Å²) in [4.78, 5) is 0. The van der Waals surface area contributed by atoms with Gasteiger partial charge in [0.05, 0.1) is 0 Å². The topological polar surface area (TPSA) is 38.0 Å². The third-order valence-electron chi connectivity index (χ3n) is 3.37. The van der Waals surface area contributed by atoms with E-state index < -0.39 is 0 Å². The molecule has 3 N–H and O–H groups in total. The molecule has 1 aliphatic rings. The van der Waals surface area contributed by atoms with Crippen molar-refractivity contribution in [3.63, 3.8) is 0 Å². The zero-order chi connectivity index (χ0) is 10.8. The third kappa shape index (κ3) is 3.58. The summed E-state index contributed by atoms with van der Waals surface area (Å²) in [7, 11) is 0. The smallest absolute Gasteiger partial charge is 0.00997 e. The normalized spacial score (nSPS) is 29.8. The number of nitrogens with one attached hydrogen (secondary N) is 1. The summed E-state index contributed by atoms with van der Waals surface area (Å²) in [6.45, 7) is 10.0. The van der Waals surface area contributed by atoms with Gasteiger partial charge in [0.15, 0.2) is 0 Å². The Bertz CT molecular complexity index is 166. The predicted octanol–water partition coefficient (Wildman–Crippen LogP) is 2.14. The zero-order valence-electron chi connectivity index (χ0n) is 10.1. The Morgan fingerprint density at radius 3 is 2.36 bits per heavy atom. The monoisotopic (exact) mass is 198 g/mol. The number of nitrogens with two attached hydrogens (primary N) is 1. The van der Waals surface area contributed by atoms with Crippen molar-refractivity contribution in [2.24, 2.45) is 17.1 Å². The number of rotatable bonds is 4. The average molecular weight is 198 g/mol. The highest BCUT2D eigenvalue weighted by atomic mass is 14.9. The minimum atomic E-state index is 0.245. The lowest BCUT2D eigenvalue weighted by molar-refractivity contribution is 0.230. The van der Waals surface area contributed by atoms with E-state index >= 15 is 0 Å². The first-order chi connectivity index (χ1) is 6.39. The van der Waals surface area contributed by atoms with Crippen molar-refractivity contribution >= 4 is 0 Å². The van der Waals surface area contributed by atoms with Crippen LogP contribution >= 0.6 is 0 Å². The summed E-state index contributed by atoms with van der Waals surface area (Å²) in [5.74, 6) is 0.934. The molecule has 14 heavy (non-hydrogen) atoms. The van der Waals surface area contributed by atoms with Crippen LogP contribution in [0.5, 0.6) is 0 Å². The molecule has 1 aliphatic carbocycles. The highest BCUT2D eigenvalue weighted by Gasteiger charge is 2.25. The second kappa shape index (κ2) is 4.63. The molecule has 0 saturated heterocycles. The summed E-state index contributed by atoms with van der Waals surface area (Å²) in [5.41, 5.74) is 6.33. The summed E-state index contributed by atoms with van der Waals surface area (Å²) in [6.07, 6.45) is 3.80. The van der Waals surface area contributed by atoms with E-state index in [9.17, 15) is 0 Å². The van der Waals surface area contributed by atoms with E-state index in [1.807, 2.05) is 0 Å². The van der Waals surface area contributed by atoms with Crippen LogP contribution < -0.4 is 11.1 Å². The Morgan fingerprint density at radius 2 is 1.93 bits per heavy atom. The molecule has 1 atom stereocenters. The van der Waals surface area contributed by atoms with Crippen LogP contribution in [0.15, 0.2) is 0 Å². The maximum atomic E-state index is 6.08. The molecule has 0 radical (unpaired) electrons. The summed E-state index contributed by atoms with van der Waals surface area (Å²) in [5, 5.41) is 3.57. The van der Waals surface area contributed by atoms with Crippen LogP contribution in [0.3, 0.4) is 0 Å². The van der Waals surface area contributed by atoms with Crippen molar-refractivity contribution in [1.29, 1.82) is 0 Å². The highest BCUT2D eigenvalue weighted by Crippen LogP contribution is 2.26. The van der Waals surface area contributed by atoms with E-state index in [1.54, 1.807) is 0 Å². The molecule has 84 valence electrons. The fourth-order valence-electron chi connectivity index (χ4n) is 1.95. The van der Waals surface area contributed by atoms with E-state index in [-0.39, 0.29) is 5.41 Å². The van der Waals surface area contributed by atoms with Gasteiger partial charge in [-0.15, -0.1) is 0 Å². The summed E-state index contributed by atoms with van der Waals surface area (Å²) in [6, 6.07) is 1.09. The minimum Gasteiger partial charge on any atom is -0.327 e. The van der Waals surface area contributed by atoms with Crippen LogP contribution in [0.2, 0.25) is 0 Å². The molecule has 2 heteroatoms. The largest absolute Gasteiger partial charge is 0.327 e. The van der Waals surface area contributed by atoms with Crippen LogP contribution in [-0.4, -0.2) is 18.6 Å². The maximum absolute atomic E-state index is 6.08. The highest BCUT2D eigenvalue weighted by molar-refractivity contribution is 4.83. The first kappa shape index (κ1) is 12.0. The Hall–Kier alpha value is -0.0800. The van der Waals surface area contributed by atoms with Crippen molar-refractivity contribution in [3.05, 3.63) is 0 Å². The first-order valence-electron chi connectivity index (χ1n) is 5.88. The van der Waals surface area contributed by atoms with Crippen LogP contribution in [0, 0.1) is 11.3 Å². The van der Waals surface area contributed by atoms with Crippen LogP contribution in [0.1, 0.15) is 47.0 Å². The zero-order valence-corrected chi connectivity index (χ0v) is 10.1. The Labute approximate surface area is 88.6 Å². The van der Waals surface area contributed by atoms with Gasteiger partial charge >= 0.3 is 0 Å². The van der Waals surface area contributed by atoms with Crippen molar-refractivity contribution < 1.29 is 0 Å². The summed E-state index contributed by atoms with van der Waals surface area (Å²) >= 11 is 0. The molecule has 1 unspecified atom stereocenters. The van der Waals surface area contributed by atoms with Gasteiger partial charge < -0.3 is 11.1 Å². The van der Waals surface area contributed by atoms with Gasteiger partial charge in [-0.1, -0.05) is 27.7 Å². The molecule has 0 aromatic heterocycles. The van der Waals surface area contributed by atoms with Crippen LogP contribution in [-0.2, 0) is 0 Å². The lowest BCUT2D eigenvalue weighted by Gasteiger charge is -2.34. The van der Waals surface area contributed by atoms with Gasteiger partial charge in [-0.2, -0.15) is 0 Å². The second-order valence-corrected chi connectivity index (χ2v) is 5.99. The molecule has 1 rings (SSSR count). The Balaban J connectivity index is 2.04. The van der Waals surface area contributed by atoms with Crippen molar-refractivity contribution in [2.45, 2.75) is 59.0 Å². The van der Waals surface area contributed by atoms with Gasteiger partial charge in [0, 0.05) is 12.1 Å². The quantitative estimate of drug-likeness (QED) is 0.726. The molecule has 0 aromatic carbocycles. The SMILES string of the molecule is CC1CC(NCCC(N)C(C)(C)C)C1. The predicted molar refractivity (Wildman–Crippen MR) is 62.2 cm³/mol. The van der Waals surface area contributed by atoms with Crippen LogP contribution in [0.4, 0.5) is 0 Å². The molecule has 0 spiro atoms. The molecule has 0 bridgehead atoms. The molecular weight excluding hydrogens is 172 g/mol.